The summed E-state index contributed by atoms with van der Waals surface area (Å²) in [4.78, 5) is 14.7. The molecule has 0 amide bonds. The van der Waals surface area contributed by atoms with Gasteiger partial charge in [-0.2, -0.15) is 4.80 Å². The van der Waals surface area contributed by atoms with Crippen molar-refractivity contribution < 1.29 is 14.6 Å². The van der Waals surface area contributed by atoms with Gasteiger partial charge in [0.1, 0.15) is 22.5 Å². The van der Waals surface area contributed by atoms with Crippen LogP contribution in [0, 0.1) is 0 Å². The molecule has 0 saturated carbocycles. The standard InChI is InChI=1S/C37H37N3O3/c1-22(2)36(42)28-13-7-10-23-20-29-25(34(41)19-17-26(29)35(23)28)11-8-12-27-30(37(3,4)5)14-9-15-33(27)40-38-31-18-16-24(43-6)21-32(31)39-40/h7,9-10,13-19,21,41H,1,8,11-12,20H2,2-6H3. The predicted octanol–water partition coefficient (Wildman–Crippen LogP) is 7.94. The number of carbonyl (C=O) groups is 1. The molecule has 0 aliphatic heterocycles. The molecule has 0 spiro atoms. The highest BCUT2D eigenvalue weighted by Gasteiger charge is 2.28. The SMILES string of the molecule is C=C(C)C(=O)c1cccc2c1-c1ccc(O)c(CCCc3c(-n4nc5ccc(OC)cc5n4)cccc3C(C)(C)C)c1C2. The number of hydrogen-bond acceptors (Lipinski definition) is 5. The molecule has 5 aromatic rings. The zero-order valence-corrected chi connectivity index (χ0v) is 25.5. The lowest BCUT2D eigenvalue weighted by Gasteiger charge is -2.25. The van der Waals surface area contributed by atoms with Crippen molar-refractivity contribution in [3.05, 3.63) is 112 Å². The molecule has 43 heavy (non-hydrogen) atoms. The third-order valence-corrected chi connectivity index (χ3v) is 8.44. The Labute approximate surface area is 252 Å². The number of Topliss-reactive ketones (excluding diaryl/α,β-unsaturated/α-hetero) is 1. The van der Waals surface area contributed by atoms with Gasteiger partial charge < -0.3 is 9.84 Å². The second-order valence-corrected chi connectivity index (χ2v) is 12.5. The molecule has 1 heterocycles. The number of rotatable bonds is 8. The van der Waals surface area contributed by atoms with Crippen molar-refractivity contribution in [1.82, 2.24) is 15.0 Å². The quantitative estimate of drug-likeness (QED) is 0.148. The van der Waals surface area contributed by atoms with E-state index in [1.807, 2.05) is 36.4 Å². The normalized spacial score (nSPS) is 12.3. The number of allylic oxidation sites excluding steroid dienone is 1. The fourth-order valence-corrected chi connectivity index (χ4v) is 6.37. The Kier molecular flexibility index (Phi) is 7.17. The van der Waals surface area contributed by atoms with Gasteiger partial charge in [0.05, 0.1) is 12.8 Å². The summed E-state index contributed by atoms with van der Waals surface area (Å²) in [6.45, 7) is 12.3. The molecule has 6 rings (SSSR count). The molecule has 4 aromatic carbocycles. The molecule has 1 N–H and O–H groups in total. The summed E-state index contributed by atoms with van der Waals surface area (Å²) in [5.74, 6) is 1.01. The van der Waals surface area contributed by atoms with Crippen LogP contribution in [0.15, 0.2) is 78.9 Å². The number of benzene rings is 4. The van der Waals surface area contributed by atoms with Crippen molar-refractivity contribution in [2.75, 3.05) is 7.11 Å². The van der Waals surface area contributed by atoms with E-state index in [0.717, 1.165) is 63.1 Å². The molecular weight excluding hydrogens is 534 g/mol. The molecule has 0 radical (unpaired) electrons. The van der Waals surface area contributed by atoms with Crippen molar-refractivity contribution in [2.24, 2.45) is 0 Å². The van der Waals surface area contributed by atoms with Crippen LogP contribution in [0.5, 0.6) is 11.5 Å². The zero-order chi connectivity index (χ0) is 30.5. The van der Waals surface area contributed by atoms with Crippen LogP contribution >= 0.6 is 0 Å². The third kappa shape index (κ3) is 5.11. The Bertz CT molecular complexity index is 1910. The van der Waals surface area contributed by atoms with Crippen molar-refractivity contribution >= 4 is 16.8 Å². The highest BCUT2D eigenvalue weighted by Crippen LogP contribution is 2.44. The smallest absolute Gasteiger partial charge is 0.188 e. The maximum atomic E-state index is 13.0. The first-order valence-electron chi connectivity index (χ1n) is 14.8. The van der Waals surface area contributed by atoms with E-state index in [4.69, 9.17) is 14.9 Å². The van der Waals surface area contributed by atoms with Crippen LogP contribution in [0.2, 0.25) is 0 Å². The first-order valence-corrected chi connectivity index (χ1v) is 14.8. The summed E-state index contributed by atoms with van der Waals surface area (Å²) in [6, 6.07) is 21.7. The first kappa shape index (κ1) is 28.4. The molecule has 1 aromatic heterocycles. The number of aromatic hydroxyl groups is 1. The Morgan fingerprint density at radius 3 is 2.47 bits per heavy atom. The van der Waals surface area contributed by atoms with Crippen LogP contribution < -0.4 is 4.74 Å². The minimum atomic E-state index is -0.0782. The van der Waals surface area contributed by atoms with E-state index in [-0.39, 0.29) is 11.2 Å². The molecule has 0 atom stereocenters. The van der Waals surface area contributed by atoms with E-state index in [0.29, 0.717) is 29.7 Å². The van der Waals surface area contributed by atoms with Crippen LogP contribution in [0.4, 0.5) is 0 Å². The number of nitrogens with zero attached hydrogens (tertiary/aromatic N) is 3. The van der Waals surface area contributed by atoms with E-state index in [9.17, 15) is 9.90 Å². The highest BCUT2D eigenvalue weighted by molar-refractivity contribution is 6.13. The molecule has 6 heteroatoms. The van der Waals surface area contributed by atoms with Gasteiger partial charge in [-0.05, 0) is 107 Å². The summed E-state index contributed by atoms with van der Waals surface area (Å²) < 4.78 is 5.39. The molecular formula is C37H37N3O3. The van der Waals surface area contributed by atoms with E-state index < -0.39 is 0 Å². The van der Waals surface area contributed by atoms with Crippen molar-refractivity contribution in [3.63, 3.8) is 0 Å². The summed E-state index contributed by atoms with van der Waals surface area (Å²) in [5.41, 5.74) is 11.3. The topological polar surface area (TPSA) is 77.2 Å². The van der Waals surface area contributed by atoms with Gasteiger partial charge in [0.15, 0.2) is 5.78 Å². The molecule has 1 aliphatic carbocycles. The summed E-state index contributed by atoms with van der Waals surface area (Å²) in [6.07, 6.45) is 3.02. The number of phenols is 1. The molecule has 1 aliphatic rings. The zero-order valence-electron chi connectivity index (χ0n) is 25.5. The van der Waals surface area contributed by atoms with Gasteiger partial charge >= 0.3 is 0 Å². The minimum absolute atomic E-state index is 0.0380. The number of hydrogen-bond donors (Lipinski definition) is 1. The van der Waals surface area contributed by atoms with Gasteiger partial charge in [0.2, 0.25) is 0 Å². The number of ketones is 1. The number of aromatic nitrogens is 3. The van der Waals surface area contributed by atoms with Gasteiger partial charge in [-0.1, -0.05) is 63.7 Å². The number of methoxy groups -OCH3 is 1. The van der Waals surface area contributed by atoms with Crippen LogP contribution in [-0.2, 0) is 24.7 Å². The van der Waals surface area contributed by atoms with E-state index in [1.165, 1.54) is 11.1 Å². The van der Waals surface area contributed by atoms with Crippen LogP contribution in [-0.4, -0.2) is 33.0 Å². The molecule has 0 unspecified atom stereocenters. The highest BCUT2D eigenvalue weighted by atomic mass is 16.5. The van der Waals surface area contributed by atoms with Gasteiger partial charge in [-0.3, -0.25) is 4.79 Å². The Morgan fingerprint density at radius 1 is 0.977 bits per heavy atom. The second kappa shape index (κ2) is 10.8. The third-order valence-electron chi connectivity index (χ3n) is 8.44. The summed E-state index contributed by atoms with van der Waals surface area (Å²) in [7, 11) is 1.65. The molecule has 6 nitrogen and oxygen atoms in total. The average molecular weight is 572 g/mol. The largest absolute Gasteiger partial charge is 0.508 e. The van der Waals surface area contributed by atoms with Gasteiger partial charge in [-0.15, -0.1) is 10.2 Å². The molecule has 0 bridgehead atoms. The van der Waals surface area contributed by atoms with E-state index in [2.05, 4.69) is 51.6 Å². The number of ether oxygens (including phenoxy) is 1. The lowest BCUT2D eigenvalue weighted by atomic mass is 9.81. The minimum Gasteiger partial charge on any atom is -0.508 e. The van der Waals surface area contributed by atoms with Crippen molar-refractivity contribution in [1.29, 1.82) is 0 Å². The van der Waals surface area contributed by atoms with Gasteiger partial charge in [0.25, 0.3) is 0 Å². The van der Waals surface area contributed by atoms with Crippen LogP contribution in [0.3, 0.4) is 0 Å². The first-order chi connectivity index (χ1) is 20.6. The number of fused-ring (bicyclic) bond motifs is 4. The fourth-order valence-electron chi connectivity index (χ4n) is 6.37. The predicted molar refractivity (Wildman–Crippen MR) is 172 cm³/mol. The summed E-state index contributed by atoms with van der Waals surface area (Å²) >= 11 is 0. The van der Waals surface area contributed by atoms with Crippen LogP contribution in [0.25, 0.3) is 27.8 Å². The van der Waals surface area contributed by atoms with E-state index in [1.54, 1.807) is 24.9 Å². The van der Waals surface area contributed by atoms with Gasteiger partial charge in [0, 0.05) is 11.6 Å². The Hall–Kier alpha value is -4.71. The van der Waals surface area contributed by atoms with Crippen LogP contribution in [0.1, 0.15) is 72.3 Å². The summed E-state index contributed by atoms with van der Waals surface area (Å²) in [5, 5.41) is 20.7. The van der Waals surface area contributed by atoms with E-state index >= 15 is 0 Å². The maximum Gasteiger partial charge on any atom is 0.188 e. The monoisotopic (exact) mass is 571 g/mol. The number of carbonyl (C=O) groups excluding carboxylic acids is 1. The average Bonchev–Trinajstić information content (AvgIpc) is 3.58. The molecule has 218 valence electrons. The second-order valence-electron chi connectivity index (χ2n) is 12.5. The Morgan fingerprint density at radius 2 is 1.72 bits per heavy atom. The van der Waals surface area contributed by atoms with Crippen molar-refractivity contribution in [2.45, 2.75) is 58.8 Å². The molecule has 0 fully saturated rings. The lowest BCUT2D eigenvalue weighted by molar-refractivity contribution is 0.103. The number of phenolic OH excluding ortho intramolecular Hbond substituents is 1. The maximum absolute atomic E-state index is 13.0. The van der Waals surface area contributed by atoms with Gasteiger partial charge in [-0.25, -0.2) is 0 Å². The molecule has 0 saturated heterocycles. The fraction of sp³-hybridized carbons (Fsp3) is 0.270. The van der Waals surface area contributed by atoms with Crippen molar-refractivity contribution in [3.8, 4) is 28.3 Å². The lowest BCUT2D eigenvalue weighted by Crippen LogP contribution is -2.17. The Balaban J connectivity index is 1.34.